The van der Waals surface area contributed by atoms with Gasteiger partial charge in [0.2, 0.25) is 0 Å². The molecule has 0 aliphatic rings. The maximum absolute atomic E-state index is 13.2. The first-order valence-electron chi connectivity index (χ1n) is 5.55. The molecule has 2 N–H and O–H groups in total. The van der Waals surface area contributed by atoms with Crippen molar-refractivity contribution in [3.63, 3.8) is 0 Å². The van der Waals surface area contributed by atoms with E-state index in [1.165, 1.54) is 12.1 Å². The lowest BCUT2D eigenvalue weighted by Crippen LogP contribution is -2.40. The lowest BCUT2D eigenvalue weighted by atomic mass is 10.1. The fourth-order valence-electron chi connectivity index (χ4n) is 1.34. The van der Waals surface area contributed by atoms with Crippen LogP contribution < -0.4 is 10.6 Å². The SMILES string of the molecule is C=CCNC(=O)C(=O)NCCc1ccccc1F. The molecule has 2 amide bonds. The smallest absolute Gasteiger partial charge is 0.309 e. The summed E-state index contributed by atoms with van der Waals surface area (Å²) in [5, 5.41) is 4.76. The minimum absolute atomic E-state index is 0.210. The van der Waals surface area contributed by atoms with Gasteiger partial charge in [-0.25, -0.2) is 4.39 Å². The van der Waals surface area contributed by atoms with Crippen molar-refractivity contribution in [1.29, 1.82) is 0 Å². The van der Waals surface area contributed by atoms with Crippen LogP contribution in [0.25, 0.3) is 0 Å². The van der Waals surface area contributed by atoms with Crippen LogP contribution in [0.5, 0.6) is 0 Å². The van der Waals surface area contributed by atoms with E-state index < -0.39 is 11.8 Å². The molecule has 0 fully saturated rings. The van der Waals surface area contributed by atoms with Gasteiger partial charge in [0, 0.05) is 13.1 Å². The van der Waals surface area contributed by atoms with Crippen LogP contribution in [-0.4, -0.2) is 24.9 Å². The summed E-state index contributed by atoms with van der Waals surface area (Å²) in [6.07, 6.45) is 1.82. The van der Waals surface area contributed by atoms with Crippen LogP contribution in [0.15, 0.2) is 36.9 Å². The largest absolute Gasteiger partial charge is 0.348 e. The predicted octanol–water partition coefficient (Wildman–Crippen LogP) is 0.787. The van der Waals surface area contributed by atoms with Crippen molar-refractivity contribution in [1.82, 2.24) is 10.6 Å². The molecule has 0 saturated heterocycles. The van der Waals surface area contributed by atoms with Crippen molar-refractivity contribution in [2.45, 2.75) is 6.42 Å². The van der Waals surface area contributed by atoms with Gasteiger partial charge in [-0.15, -0.1) is 6.58 Å². The highest BCUT2D eigenvalue weighted by Gasteiger charge is 2.11. The third-order valence-electron chi connectivity index (χ3n) is 2.25. The predicted molar refractivity (Wildman–Crippen MR) is 66.3 cm³/mol. The second kappa shape index (κ2) is 7.21. The highest BCUT2D eigenvalue weighted by Crippen LogP contribution is 2.05. The van der Waals surface area contributed by atoms with Crippen LogP contribution in [0.1, 0.15) is 5.56 Å². The standard InChI is InChI=1S/C13H15FN2O2/c1-2-8-15-12(17)13(18)16-9-7-10-5-3-4-6-11(10)14/h2-6H,1,7-9H2,(H,15,17)(H,16,18). The van der Waals surface area contributed by atoms with Crippen LogP contribution in [0.2, 0.25) is 0 Å². The van der Waals surface area contributed by atoms with Gasteiger partial charge in [0.25, 0.3) is 0 Å². The topological polar surface area (TPSA) is 58.2 Å². The first-order valence-corrected chi connectivity index (χ1v) is 5.55. The Labute approximate surface area is 105 Å². The number of hydrogen-bond acceptors (Lipinski definition) is 2. The van der Waals surface area contributed by atoms with Gasteiger partial charge < -0.3 is 10.6 Å². The second-order valence-electron chi connectivity index (χ2n) is 3.60. The van der Waals surface area contributed by atoms with Crippen LogP contribution >= 0.6 is 0 Å². The highest BCUT2D eigenvalue weighted by atomic mass is 19.1. The molecular weight excluding hydrogens is 235 g/mol. The van der Waals surface area contributed by atoms with Gasteiger partial charge in [0.15, 0.2) is 0 Å². The molecule has 0 spiro atoms. The molecule has 0 radical (unpaired) electrons. The number of nitrogens with one attached hydrogen (secondary N) is 2. The molecule has 0 bridgehead atoms. The van der Waals surface area contributed by atoms with E-state index in [0.29, 0.717) is 12.0 Å². The van der Waals surface area contributed by atoms with Gasteiger partial charge in [0.1, 0.15) is 5.82 Å². The van der Waals surface area contributed by atoms with Crippen molar-refractivity contribution >= 4 is 11.8 Å². The number of rotatable bonds is 5. The van der Waals surface area contributed by atoms with E-state index in [4.69, 9.17) is 0 Å². The van der Waals surface area contributed by atoms with Crippen molar-refractivity contribution in [3.8, 4) is 0 Å². The first kappa shape index (κ1) is 13.9. The number of carbonyl (C=O) groups excluding carboxylic acids is 2. The summed E-state index contributed by atoms with van der Waals surface area (Å²) in [7, 11) is 0. The zero-order chi connectivity index (χ0) is 13.4. The molecule has 0 unspecified atom stereocenters. The zero-order valence-electron chi connectivity index (χ0n) is 9.91. The maximum atomic E-state index is 13.2. The molecule has 0 aromatic heterocycles. The average Bonchev–Trinajstić information content (AvgIpc) is 2.38. The molecule has 1 aromatic carbocycles. The minimum Gasteiger partial charge on any atom is -0.348 e. The Morgan fingerprint density at radius 2 is 1.89 bits per heavy atom. The molecule has 18 heavy (non-hydrogen) atoms. The molecule has 96 valence electrons. The van der Waals surface area contributed by atoms with E-state index in [2.05, 4.69) is 17.2 Å². The zero-order valence-corrected chi connectivity index (χ0v) is 9.91. The lowest BCUT2D eigenvalue weighted by Gasteiger charge is -2.05. The number of benzene rings is 1. The monoisotopic (exact) mass is 250 g/mol. The Hall–Kier alpha value is -2.17. The molecule has 1 aromatic rings. The van der Waals surface area contributed by atoms with Gasteiger partial charge in [0.05, 0.1) is 0 Å². The Kier molecular flexibility index (Phi) is 5.57. The summed E-state index contributed by atoms with van der Waals surface area (Å²) < 4.78 is 13.2. The minimum atomic E-state index is -0.729. The molecule has 0 atom stereocenters. The molecule has 0 heterocycles. The maximum Gasteiger partial charge on any atom is 0.309 e. The normalized spacial score (nSPS) is 9.61. The molecule has 4 nitrogen and oxygen atoms in total. The van der Waals surface area contributed by atoms with Gasteiger partial charge in [-0.05, 0) is 18.1 Å². The fourth-order valence-corrected chi connectivity index (χ4v) is 1.34. The van der Waals surface area contributed by atoms with E-state index in [0.717, 1.165) is 0 Å². The van der Waals surface area contributed by atoms with Gasteiger partial charge in [-0.3, -0.25) is 9.59 Å². The van der Waals surface area contributed by atoms with E-state index in [-0.39, 0.29) is 18.9 Å². The Bertz CT molecular complexity index is 446. The highest BCUT2D eigenvalue weighted by molar-refractivity contribution is 6.35. The third-order valence-corrected chi connectivity index (χ3v) is 2.25. The van der Waals surface area contributed by atoms with Gasteiger partial charge >= 0.3 is 11.8 Å². The molecule has 5 heteroatoms. The van der Waals surface area contributed by atoms with Gasteiger partial charge in [-0.1, -0.05) is 24.3 Å². The van der Waals surface area contributed by atoms with Crippen LogP contribution in [0.4, 0.5) is 4.39 Å². The summed E-state index contributed by atoms with van der Waals surface area (Å²) in [6.45, 7) is 3.86. The van der Waals surface area contributed by atoms with E-state index in [1.54, 1.807) is 18.2 Å². The summed E-state index contributed by atoms with van der Waals surface area (Å²) in [6, 6.07) is 6.31. The Morgan fingerprint density at radius 3 is 2.56 bits per heavy atom. The van der Waals surface area contributed by atoms with E-state index >= 15 is 0 Å². The van der Waals surface area contributed by atoms with Crippen LogP contribution in [0.3, 0.4) is 0 Å². The van der Waals surface area contributed by atoms with Crippen LogP contribution in [0, 0.1) is 5.82 Å². The first-order chi connectivity index (χ1) is 8.65. The number of halogens is 1. The molecule has 0 aliphatic carbocycles. The Balaban J connectivity index is 2.33. The number of amides is 2. The third kappa shape index (κ3) is 4.37. The van der Waals surface area contributed by atoms with Gasteiger partial charge in [-0.2, -0.15) is 0 Å². The average molecular weight is 250 g/mol. The van der Waals surface area contributed by atoms with Crippen molar-refractivity contribution in [2.75, 3.05) is 13.1 Å². The van der Waals surface area contributed by atoms with Crippen molar-refractivity contribution < 1.29 is 14.0 Å². The van der Waals surface area contributed by atoms with Crippen LogP contribution in [-0.2, 0) is 16.0 Å². The number of carbonyl (C=O) groups is 2. The lowest BCUT2D eigenvalue weighted by molar-refractivity contribution is -0.139. The van der Waals surface area contributed by atoms with E-state index in [9.17, 15) is 14.0 Å². The molecular formula is C13H15FN2O2. The summed E-state index contributed by atoms with van der Waals surface area (Å²) >= 11 is 0. The second-order valence-corrected chi connectivity index (χ2v) is 3.60. The quantitative estimate of drug-likeness (QED) is 0.599. The van der Waals surface area contributed by atoms with E-state index in [1.807, 2.05) is 0 Å². The summed E-state index contributed by atoms with van der Waals surface area (Å²) in [5.41, 5.74) is 0.504. The molecule has 0 aliphatic heterocycles. The molecule has 1 rings (SSSR count). The number of hydrogen-bond donors (Lipinski definition) is 2. The Morgan fingerprint density at radius 1 is 1.22 bits per heavy atom. The molecule has 0 saturated carbocycles. The van der Waals surface area contributed by atoms with Crippen molar-refractivity contribution in [2.24, 2.45) is 0 Å². The summed E-state index contributed by atoms with van der Waals surface area (Å²) in [4.78, 5) is 22.4. The fraction of sp³-hybridized carbons (Fsp3) is 0.231. The summed E-state index contributed by atoms with van der Waals surface area (Å²) in [5.74, 6) is -1.76. The van der Waals surface area contributed by atoms with Crippen molar-refractivity contribution in [3.05, 3.63) is 48.3 Å².